The SMILES string of the molecule is CC1CCN(c2cc(Cl)ccc2C(=O)O)C1. The quantitative estimate of drug-likeness (QED) is 0.863. The maximum absolute atomic E-state index is 11.1. The molecule has 1 aliphatic rings. The number of rotatable bonds is 2. The molecule has 0 spiro atoms. The van der Waals surface area contributed by atoms with Crippen molar-refractivity contribution in [3.63, 3.8) is 0 Å². The third-order valence-electron chi connectivity index (χ3n) is 2.95. The number of hydrogen-bond acceptors (Lipinski definition) is 2. The van der Waals surface area contributed by atoms with Crippen molar-refractivity contribution in [1.29, 1.82) is 0 Å². The summed E-state index contributed by atoms with van der Waals surface area (Å²) < 4.78 is 0. The van der Waals surface area contributed by atoms with Gasteiger partial charge in [-0.25, -0.2) is 4.79 Å². The molecule has 0 saturated carbocycles. The van der Waals surface area contributed by atoms with Gasteiger partial charge >= 0.3 is 5.97 Å². The molecule has 3 nitrogen and oxygen atoms in total. The summed E-state index contributed by atoms with van der Waals surface area (Å²) >= 11 is 5.92. The molecule has 0 radical (unpaired) electrons. The maximum Gasteiger partial charge on any atom is 0.337 e. The Morgan fingerprint density at radius 1 is 1.56 bits per heavy atom. The van der Waals surface area contributed by atoms with Crippen molar-refractivity contribution in [3.8, 4) is 0 Å². The first-order valence-corrected chi connectivity index (χ1v) is 5.73. The van der Waals surface area contributed by atoms with Crippen LogP contribution in [0.2, 0.25) is 5.02 Å². The molecule has 0 aromatic heterocycles. The van der Waals surface area contributed by atoms with Crippen LogP contribution in [0.5, 0.6) is 0 Å². The molecule has 0 aliphatic carbocycles. The standard InChI is InChI=1S/C12H14ClNO2/c1-8-4-5-14(7-8)11-6-9(13)2-3-10(11)12(15)16/h2-3,6,8H,4-5,7H2,1H3,(H,15,16). The van der Waals surface area contributed by atoms with E-state index in [1.165, 1.54) is 0 Å². The number of nitrogens with zero attached hydrogens (tertiary/aromatic N) is 1. The minimum Gasteiger partial charge on any atom is -0.478 e. The van der Waals surface area contributed by atoms with Gasteiger partial charge in [-0.2, -0.15) is 0 Å². The van der Waals surface area contributed by atoms with Gasteiger partial charge in [0.05, 0.1) is 11.3 Å². The minimum atomic E-state index is -0.897. The lowest BCUT2D eigenvalue weighted by Crippen LogP contribution is -2.21. The third kappa shape index (κ3) is 2.14. The summed E-state index contributed by atoms with van der Waals surface area (Å²) in [5, 5.41) is 9.70. The molecule has 2 rings (SSSR count). The van der Waals surface area contributed by atoms with E-state index in [0.717, 1.165) is 25.2 Å². The molecule has 4 heteroatoms. The Kier molecular flexibility index (Phi) is 3.06. The Morgan fingerprint density at radius 2 is 2.31 bits per heavy atom. The molecule has 1 N–H and O–H groups in total. The van der Waals surface area contributed by atoms with Gasteiger partial charge in [-0.3, -0.25) is 0 Å². The average Bonchev–Trinajstić information content (AvgIpc) is 2.64. The normalized spacial score (nSPS) is 20.1. The van der Waals surface area contributed by atoms with Crippen LogP contribution >= 0.6 is 11.6 Å². The molecule has 0 amide bonds. The summed E-state index contributed by atoms with van der Waals surface area (Å²) in [6, 6.07) is 4.93. The number of anilines is 1. The molecule has 0 bridgehead atoms. The lowest BCUT2D eigenvalue weighted by molar-refractivity contribution is 0.0697. The molecule has 16 heavy (non-hydrogen) atoms. The molecular formula is C12H14ClNO2. The van der Waals surface area contributed by atoms with Crippen LogP contribution in [0.15, 0.2) is 18.2 Å². The first kappa shape index (κ1) is 11.3. The Bertz CT molecular complexity index is 419. The van der Waals surface area contributed by atoms with Gasteiger partial charge in [0.1, 0.15) is 0 Å². The fraction of sp³-hybridized carbons (Fsp3) is 0.417. The van der Waals surface area contributed by atoms with E-state index in [2.05, 4.69) is 11.8 Å². The van der Waals surface area contributed by atoms with E-state index in [1.54, 1.807) is 18.2 Å². The van der Waals surface area contributed by atoms with Gasteiger partial charge in [0.2, 0.25) is 0 Å². The van der Waals surface area contributed by atoms with Crippen molar-refractivity contribution in [3.05, 3.63) is 28.8 Å². The number of benzene rings is 1. The number of carboxylic acids is 1. The second kappa shape index (κ2) is 4.34. The van der Waals surface area contributed by atoms with Crippen molar-refractivity contribution >= 4 is 23.3 Å². The fourth-order valence-electron chi connectivity index (χ4n) is 2.10. The van der Waals surface area contributed by atoms with Crippen molar-refractivity contribution in [2.45, 2.75) is 13.3 Å². The number of carbonyl (C=O) groups is 1. The van der Waals surface area contributed by atoms with Crippen LogP contribution in [0.4, 0.5) is 5.69 Å². The summed E-state index contributed by atoms with van der Waals surface area (Å²) in [6.07, 6.45) is 1.10. The van der Waals surface area contributed by atoms with Crippen LogP contribution in [-0.2, 0) is 0 Å². The van der Waals surface area contributed by atoms with Crippen molar-refractivity contribution < 1.29 is 9.90 Å². The second-order valence-electron chi connectivity index (χ2n) is 4.31. The first-order valence-electron chi connectivity index (χ1n) is 5.35. The zero-order chi connectivity index (χ0) is 11.7. The number of halogens is 1. The van der Waals surface area contributed by atoms with Crippen molar-refractivity contribution in [2.24, 2.45) is 5.92 Å². The zero-order valence-corrected chi connectivity index (χ0v) is 9.87. The van der Waals surface area contributed by atoms with E-state index in [0.29, 0.717) is 16.5 Å². The lowest BCUT2D eigenvalue weighted by Gasteiger charge is -2.20. The van der Waals surface area contributed by atoms with E-state index < -0.39 is 5.97 Å². The molecule has 1 atom stereocenters. The summed E-state index contributed by atoms with van der Waals surface area (Å²) in [6.45, 7) is 3.98. The molecular weight excluding hydrogens is 226 g/mol. The van der Waals surface area contributed by atoms with Crippen LogP contribution in [0, 0.1) is 5.92 Å². The molecule has 1 aromatic carbocycles. The fourth-order valence-corrected chi connectivity index (χ4v) is 2.27. The number of aromatic carboxylic acids is 1. The minimum absolute atomic E-state index is 0.332. The summed E-state index contributed by atoms with van der Waals surface area (Å²) in [5.41, 5.74) is 1.07. The third-order valence-corrected chi connectivity index (χ3v) is 3.19. The average molecular weight is 240 g/mol. The monoisotopic (exact) mass is 239 g/mol. The molecule has 1 saturated heterocycles. The highest BCUT2D eigenvalue weighted by atomic mass is 35.5. The molecule has 1 heterocycles. The van der Waals surface area contributed by atoms with Gasteiger partial charge in [0.15, 0.2) is 0 Å². The van der Waals surface area contributed by atoms with Gasteiger partial charge in [-0.05, 0) is 30.5 Å². The van der Waals surface area contributed by atoms with Crippen LogP contribution in [-0.4, -0.2) is 24.2 Å². The van der Waals surface area contributed by atoms with E-state index in [9.17, 15) is 4.79 Å². The molecule has 1 aliphatic heterocycles. The van der Waals surface area contributed by atoms with Crippen molar-refractivity contribution in [2.75, 3.05) is 18.0 Å². The molecule has 1 unspecified atom stereocenters. The van der Waals surface area contributed by atoms with Crippen LogP contribution < -0.4 is 4.90 Å². The van der Waals surface area contributed by atoms with E-state index in [1.807, 2.05) is 0 Å². The Labute approximate surface area is 99.6 Å². The van der Waals surface area contributed by atoms with Crippen LogP contribution in [0.25, 0.3) is 0 Å². The van der Waals surface area contributed by atoms with Crippen molar-refractivity contribution in [1.82, 2.24) is 0 Å². The number of carboxylic acid groups (broad SMARTS) is 1. The highest BCUT2D eigenvalue weighted by Gasteiger charge is 2.23. The number of hydrogen-bond donors (Lipinski definition) is 1. The largest absolute Gasteiger partial charge is 0.478 e. The summed E-state index contributed by atoms with van der Waals surface area (Å²) in [7, 11) is 0. The van der Waals surface area contributed by atoms with Crippen LogP contribution in [0.3, 0.4) is 0 Å². The Morgan fingerprint density at radius 3 is 2.88 bits per heavy atom. The van der Waals surface area contributed by atoms with E-state index in [-0.39, 0.29) is 0 Å². The summed E-state index contributed by atoms with van der Waals surface area (Å²) in [5.74, 6) is -0.285. The van der Waals surface area contributed by atoms with Gasteiger partial charge in [-0.1, -0.05) is 18.5 Å². The molecule has 86 valence electrons. The van der Waals surface area contributed by atoms with Gasteiger partial charge in [0.25, 0.3) is 0 Å². The maximum atomic E-state index is 11.1. The summed E-state index contributed by atoms with van der Waals surface area (Å²) in [4.78, 5) is 13.2. The highest BCUT2D eigenvalue weighted by molar-refractivity contribution is 6.31. The second-order valence-corrected chi connectivity index (χ2v) is 4.74. The predicted molar refractivity (Wildman–Crippen MR) is 64.4 cm³/mol. The first-order chi connectivity index (χ1) is 7.58. The highest BCUT2D eigenvalue weighted by Crippen LogP contribution is 2.29. The van der Waals surface area contributed by atoms with E-state index in [4.69, 9.17) is 16.7 Å². The van der Waals surface area contributed by atoms with Gasteiger partial charge in [0, 0.05) is 18.1 Å². The van der Waals surface area contributed by atoms with Gasteiger partial charge < -0.3 is 10.0 Å². The molecule has 1 aromatic rings. The Hall–Kier alpha value is -1.22. The van der Waals surface area contributed by atoms with E-state index >= 15 is 0 Å². The Balaban J connectivity index is 2.37. The smallest absolute Gasteiger partial charge is 0.337 e. The predicted octanol–water partition coefficient (Wildman–Crippen LogP) is 2.88. The lowest BCUT2D eigenvalue weighted by atomic mass is 10.1. The van der Waals surface area contributed by atoms with Crippen LogP contribution in [0.1, 0.15) is 23.7 Å². The van der Waals surface area contributed by atoms with Gasteiger partial charge in [-0.15, -0.1) is 0 Å². The topological polar surface area (TPSA) is 40.5 Å². The zero-order valence-electron chi connectivity index (χ0n) is 9.11. The molecule has 1 fully saturated rings.